The van der Waals surface area contributed by atoms with E-state index in [1.165, 1.54) is 6.07 Å². The molecule has 0 amide bonds. The first-order chi connectivity index (χ1) is 8.32. The molecular weight excluding hydrogens is 259 g/mol. The van der Waals surface area contributed by atoms with Gasteiger partial charge in [0.25, 0.3) is 0 Å². The largest absolute Gasteiger partial charge is 0.399 e. The number of hydrogen-bond acceptors (Lipinski definition) is 4. The van der Waals surface area contributed by atoms with Gasteiger partial charge < -0.3 is 10.5 Å². The molecule has 0 aliphatic carbocycles. The van der Waals surface area contributed by atoms with Crippen LogP contribution in [-0.2, 0) is 14.8 Å². The first-order valence-corrected chi connectivity index (χ1v) is 6.97. The van der Waals surface area contributed by atoms with Gasteiger partial charge in [0.15, 0.2) is 0 Å². The summed E-state index contributed by atoms with van der Waals surface area (Å²) in [5.74, 6) is -0.820. The number of hydrogen-bond donors (Lipinski definition) is 2. The lowest BCUT2D eigenvalue weighted by atomic mass is 10.0. The van der Waals surface area contributed by atoms with Crippen molar-refractivity contribution in [3.63, 3.8) is 0 Å². The average molecular weight is 274 g/mol. The van der Waals surface area contributed by atoms with Crippen LogP contribution in [0.1, 0.15) is 13.3 Å². The minimum Gasteiger partial charge on any atom is -0.399 e. The van der Waals surface area contributed by atoms with Gasteiger partial charge in [-0.25, -0.2) is 17.5 Å². The summed E-state index contributed by atoms with van der Waals surface area (Å²) in [6, 6.07) is 3.46. The van der Waals surface area contributed by atoms with Crippen LogP contribution in [0.15, 0.2) is 23.1 Å². The van der Waals surface area contributed by atoms with Crippen molar-refractivity contribution >= 4 is 15.7 Å². The summed E-state index contributed by atoms with van der Waals surface area (Å²) in [6.07, 6.45) is 0.552. The molecule has 1 unspecified atom stereocenters. The Bertz CT molecular complexity index is 553. The summed E-state index contributed by atoms with van der Waals surface area (Å²) in [7, 11) is -3.94. The first-order valence-electron chi connectivity index (χ1n) is 5.49. The van der Waals surface area contributed by atoms with Crippen LogP contribution in [0.3, 0.4) is 0 Å². The molecule has 1 aromatic carbocycles. The zero-order valence-electron chi connectivity index (χ0n) is 9.94. The van der Waals surface area contributed by atoms with Gasteiger partial charge in [-0.1, -0.05) is 0 Å². The molecule has 2 rings (SSSR count). The van der Waals surface area contributed by atoms with Crippen molar-refractivity contribution in [1.82, 2.24) is 4.72 Å². The van der Waals surface area contributed by atoms with Gasteiger partial charge >= 0.3 is 0 Å². The van der Waals surface area contributed by atoms with Crippen molar-refractivity contribution in [2.75, 3.05) is 18.9 Å². The summed E-state index contributed by atoms with van der Waals surface area (Å²) < 4.78 is 45.4. The molecule has 1 aromatic rings. The highest BCUT2D eigenvalue weighted by Crippen LogP contribution is 2.23. The Labute approximate surface area is 105 Å². The van der Waals surface area contributed by atoms with E-state index in [4.69, 9.17) is 10.5 Å². The van der Waals surface area contributed by atoms with E-state index in [1.807, 2.05) is 0 Å². The van der Waals surface area contributed by atoms with Crippen molar-refractivity contribution in [2.45, 2.75) is 23.8 Å². The Hall–Kier alpha value is -1.18. The highest BCUT2D eigenvalue weighted by Gasteiger charge is 2.35. The average Bonchev–Trinajstić information content (AvgIpc) is 2.67. The van der Waals surface area contributed by atoms with Gasteiger partial charge in [-0.15, -0.1) is 0 Å². The van der Waals surface area contributed by atoms with Gasteiger partial charge in [-0.3, -0.25) is 0 Å². The van der Waals surface area contributed by atoms with E-state index in [-0.39, 0.29) is 12.3 Å². The Balaban J connectivity index is 2.33. The molecule has 1 aliphatic rings. The molecule has 18 heavy (non-hydrogen) atoms. The zero-order valence-corrected chi connectivity index (χ0v) is 10.8. The molecule has 1 fully saturated rings. The lowest BCUT2D eigenvalue weighted by molar-refractivity contribution is 0.178. The molecule has 7 heteroatoms. The molecule has 3 N–H and O–H groups in total. The fourth-order valence-corrected chi connectivity index (χ4v) is 3.39. The molecule has 0 spiro atoms. The van der Waals surface area contributed by atoms with Crippen molar-refractivity contribution in [2.24, 2.45) is 0 Å². The molecule has 1 aliphatic heterocycles. The van der Waals surface area contributed by atoms with E-state index in [0.29, 0.717) is 13.0 Å². The van der Waals surface area contributed by atoms with Crippen LogP contribution in [0.2, 0.25) is 0 Å². The van der Waals surface area contributed by atoms with E-state index in [0.717, 1.165) is 12.1 Å². The van der Waals surface area contributed by atoms with Crippen molar-refractivity contribution in [3.05, 3.63) is 24.0 Å². The molecule has 100 valence electrons. The summed E-state index contributed by atoms with van der Waals surface area (Å²) in [5.41, 5.74) is 4.98. The number of halogens is 1. The first kappa shape index (κ1) is 13.3. The fraction of sp³-hybridized carbons (Fsp3) is 0.455. The number of sulfonamides is 1. The highest BCUT2D eigenvalue weighted by atomic mass is 32.2. The summed E-state index contributed by atoms with van der Waals surface area (Å²) in [4.78, 5) is -0.435. The smallest absolute Gasteiger partial charge is 0.244 e. The Morgan fingerprint density at radius 1 is 1.50 bits per heavy atom. The second-order valence-corrected chi connectivity index (χ2v) is 6.31. The van der Waals surface area contributed by atoms with Gasteiger partial charge in [-0.05, 0) is 31.5 Å². The van der Waals surface area contributed by atoms with E-state index in [9.17, 15) is 12.8 Å². The molecule has 1 heterocycles. The number of nitrogens with one attached hydrogen (secondary N) is 1. The van der Waals surface area contributed by atoms with Crippen LogP contribution in [-0.4, -0.2) is 27.2 Å². The third kappa shape index (κ3) is 2.63. The standard InChI is InChI=1S/C11H15FN2O3S/c1-11(4-5-17-7-11)14-18(15,16)10-6-8(13)2-3-9(10)12/h2-3,6,14H,4-5,7,13H2,1H3. The predicted molar refractivity (Wildman–Crippen MR) is 65.0 cm³/mol. The minimum absolute atomic E-state index is 0.199. The molecule has 1 atom stereocenters. The van der Waals surface area contributed by atoms with Crippen molar-refractivity contribution in [1.29, 1.82) is 0 Å². The zero-order chi connectivity index (χ0) is 13.4. The van der Waals surface area contributed by atoms with Gasteiger partial charge in [0.05, 0.1) is 12.1 Å². The molecule has 5 nitrogen and oxygen atoms in total. The fourth-order valence-electron chi connectivity index (χ4n) is 1.85. The second kappa shape index (κ2) is 4.49. The molecule has 0 saturated carbocycles. The van der Waals surface area contributed by atoms with Crippen molar-refractivity contribution in [3.8, 4) is 0 Å². The number of nitrogen functional groups attached to an aromatic ring is 1. The maximum Gasteiger partial charge on any atom is 0.244 e. The van der Waals surface area contributed by atoms with E-state index < -0.39 is 26.3 Å². The number of nitrogens with two attached hydrogens (primary N) is 1. The number of rotatable bonds is 3. The molecule has 0 bridgehead atoms. The lowest BCUT2D eigenvalue weighted by Gasteiger charge is -2.23. The number of ether oxygens (including phenoxy) is 1. The maximum atomic E-state index is 13.6. The topological polar surface area (TPSA) is 81.4 Å². The predicted octanol–water partition coefficient (Wildman–Crippen LogP) is 0.865. The third-order valence-corrected chi connectivity index (χ3v) is 4.50. The molecule has 0 radical (unpaired) electrons. The summed E-state index contributed by atoms with van der Waals surface area (Å²) >= 11 is 0. The SMILES string of the molecule is CC1(NS(=O)(=O)c2cc(N)ccc2F)CCOC1. The van der Waals surface area contributed by atoms with E-state index in [1.54, 1.807) is 6.92 Å². The maximum absolute atomic E-state index is 13.6. The highest BCUT2D eigenvalue weighted by molar-refractivity contribution is 7.89. The molecule has 0 aromatic heterocycles. The van der Waals surface area contributed by atoms with Crippen LogP contribution in [0.5, 0.6) is 0 Å². The van der Waals surface area contributed by atoms with Crippen LogP contribution in [0.25, 0.3) is 0 Å². The van der Waals surface area contributed by atoms with Gasteiger partial charge in [0, 0.05) is 12.3 Å². The number of anilines is 1. The summed E-state index contributed by atoms with van der Waals surface area (Å²) in [5, 5.41) is 0. The molecular formula is C11H15FN2O3S. The second-order valence-electron chi connectivity index (χ2n) is 4.66. The van der Waals surface area contributed by atoms with Crippen LogP contribution >= 0.6 is 0 Å². The normalized spacial score (nSPS) is 24.3. The van der Waals surface area contributed by atoms with Crippen LogP contribution in [0, 0.1) is 5.82 Å². The monoisotopic (exact) mass is 274 g/mol. The Morgan fingerprint density at radius 2 is 2.22 bits per heavy atom. The van der Waals surface area contributed by atoms with Gasteiger partial charge in [0.2, 0.25) is 10.0 Å². The quantitative estimate of drug-likeness (QED) is 0.801. The van der Waals surface area contributed by atoms with Crippen LogP contribution < -0.4 is 10.5 Å². The van der Waals surface area contributed by atoms with Gasteiger partial charge in [0.1, 0.15) is 10.7 Å². The molecule has 1 saturated heterocycles. The minimum atomic E-state index is -3.94. The third-order valence-electron chi connectivity index (χ3n) is 2.84. The van der Waals surface area contributed by atoms with Crippen molar-refractivity contribution < 1.29 is 17.5 Å². The Morgan fingerprint density at radius 3 is 2.83 bits per heavy atom. The van der Waals surface area contributed by atoms with Gasteiger partial charge in [-0.2, -0.15) is 0 Å². The Kier molecular flexibility index (Phi) is 3.31. The lowest BCUT2D eigenvalue weighted by Crippen LogP contribution is -2.46. The van der Waals surface area contributed by atoms with E-state index >= 15 is 0 Å². The summed E-state index contributed by atoms with van der Waals surface area (Å²) in [6.45, 7) is 2.48. The number of benzene rings is 1. The van der Waals surface area contributed by atoms with Crippen LogP contribution in [0.4, 0.5) is 10.1 Å². The van der Waals surface area contributed by atoms with E-state index in [2.05, 4.69) is 4.72 Å².